The Morgan fingerprint density at radius 2 is 2.12 bits per heavy atom. The van der Waals surface area contributed by atoms with Crippen LogP contribution in [0.5, 0.6) is 0 Å². The molecule has 0 saturated heterocycles. The van der Waals surface area contributed by atoms with E-state index in [4.69, 9.17) is 16.3 Å². The highest BCUT2D eigenvalue weighted by Crippen LogP contribution is 2.02. The molecule has 0 radical (unpaired) electrons. The minimum absolute atomic E-state index is 0.129. The molecule has 0 aliphatic heterocycles. The van der Waals surface area contributed by atoms with Crippen LogP contribution in [0, 0.1) is 22.7 Å². The molecule has 1 heterocycles. The zero-order valence-corrected chi connectivity index (χ0v) is 9.20. The number of hydrogen-bond acceptors (Lipinski definition) is 5. The molecule has 1 rings (SSSR count). The second kappa shape index (κ2) is 6.26. The van der Waals surface area contributed by atoms with Crippen LogP contribution in [0.3, 0.4) is 0 Å². The highest BCUT2D eigenvalue weighted by Gasteiger charge is 2.17. The van der Waals surface area contributed by atoms with Gasteiger partial charge in [-0.15, -0.1) is 0 Å². The van der Waals surface area contributed by atoms with Crippen LogP contribution >= 0.6 is 0 Å². The molecule has 0 spiro atoms. The van der Waals surface area contributed by atoms with Crippen LogP contribution in [0.25, 0.3) is 0 Å². The zero-order chi connectivity index (χ0) is 12.7. The normalized spacial score (nSPS) is 9.35. The first-order valence-electron chi connectivity index (χ1n) is 4.98. The van der Waals surface area contributed by atoms with Crippen LogP contribution in [0.2, 0.25) is 0 Å². The summed E-state index contributed by atoms with van der Waals surface area (Å²) in [5.74, 6) is -0.427. The molecule has 0 aromatic carbocycles. The largest absolute Gasteiger partial charge is 0.335 e. The van der Waals surface area contributed by atoms with E-state index in [1.54, 1.807) is 10.8 Å². The standard InChI is InChI=1S/C10H12N6O/c11-1-4-15-7-9(14-8-15)10(17)16(5-2-12)6-3-13/h7-8H,1,4-6,11H2. The zero-order valence-electron chi connectivity index (χ0n) is 9.20. The minimum atomic E-state index is -0.427. The SMILES string of the molecule is N#CCN(CC#N)C(=O)c1cn(CCN)cn1. The van der Waals surface area contributed by atoms with E-state index >= 15 is 0 Å². The van der Waals surface area contributed by atoms with Gasteiger partial charge < -0.3 is 15.2 Å². The molecule has 0 atom stereocenters. The first kappa shape index (κ1) is 12.7. The molecule has 0 bridgehead atoms. The van der Waals surface area contributed by atoms with Gasteiger partial charge in [-0.3, -0.25) is 4.79 Å². The Bertz CT molecular complexity index is 450. The van der Waals surface area contributed by atoms with E-state index in [-0.39, 0.29) is 18.8 Å². The summed E-state index contributed by atoms with van der Waals surface area (Å²) in [6.45, 7) is 0.757. The molecule has 0 unspecified atom stereocenters. The lowest BCUT2D eigenvalue weighted by Crippen LogP contribution is -2.32. The van der Waals surface area contributed by atoms with E-state index in [1.165, 1.54) is 6.33 Å². The van der Waals surface area contributed by atoms with E-state index < -0.39 is 5.91 Å². The van der Waals surface area contributed by atoms with Crippen LogP contribution in [-0.2, 0) is 6.54 Å². The monoisotopic (exact) mass is 232 g/mol. The fourth-order valence-corrected chi connectivity index (χ4v) is 1.27. The van der Waals surface area contributed by atoms with Crippen molar-refractivity contribution in [3.63, 3.8) is 0 Å². The lowest BCUT2D eigenvalue weighted by atomic mass is 10.3. The lowest BCUT2D eigenvalue weighted by Gasteiger charge is -2.13. The van der Waals surface area contributed by atoms with Gasteiger partial charge in [0, 0.05) is 19.3 Å². The third-order valence-corrected chi connectivity index (χ3v) is 2.05. The van der Waals surface area contributed by atoms with E-state index in [0.717, 1.165) is 4.90 Å². The number of hydrogen-bond donors (Lipinski definition) is 1. The molecule has 0 saturated carbocycles. The molecule has 7 heteroatoms. The highest BCUT2D eigenvalue weighted by molar-refractivity contribution is 5.92. The van der Waals surface area contributed by atoms with Crippen molar-refractivity contribution in [1.82, 2.24) is 14.5 Å². The van der Waals surface area contributed by atoms with Gasteiger partial charge >= 0.3 is 0 Å². The minimum Gasteiger partial charge on any atom is -0.335 e. The van der Waals surface area contributed by atoms with Gasteiger partial charge in [0.25, 0.3) is 5.91 Å². The number of nitriles is 2. The Kier molecular flexibility index (Phi) is 4.67. The molecular weight excluding hydrogens is 220 g/mol. The van der Waals surface area contributed by atoms with Crippen molar-refractivity contribution < 1.29 is 4.79 Å². The van der Waals surface area contributed by atoms with Gasteiger partial charge in [-0.2, -0.15) is 10.5 Å². The second-order valence-corrected chi connectivity index (χ2v) is 3.26. The van der Waals surface area contributed by atoms with Gasteiger partial charge in [0.15, 0.2) is 0 Å². The average molecular weight is 232 g/mol. The molecule has 0 aliphatic rings. The number of aromatic nitrogens is 2. The summed E-state index contributed by atoms with van der Waals surface area (Å²) in [6, 6.07) is 3.67. The average Bonchev–Trinajstić information content (AvgIpc) is 2.77. The second-order valence-electron chi connectivity index (χ2n) is 3.26. The quantitative estimate of drug-likeness (QED) is 0.676. The van der Waals surface area contributed by atoms with Gasteiger partial charge in [-0.05, 0) is 0 Å². The summed E-state index contributed by atoms with van der Waals surface area (Å²) < 4.78 is 1.68. The molecule has 1 amide bonds. The number of carbonyl (C=O) groups is 1. The van der Waals surface area contributed by atoms with Crippen molar-refractivity contribution in [3.05, 3.63) is 18.2 Å². The van der Waals surface area contributed by atoms with Crippen molar-refractivity contribution in [2.45, 2.75) is 6.54 Å². The van der Waals surface area contributed by atoms with Crippen molar-refractivity contribution >= 4 is 5.91 Å². The fourth-order valence-electron chi connectivity index (χ4n) is 1.27. The molecule has 0 fully saturated rings. The Hall–Kier alpha value is -2.38. The van der Waals surface area contributed by atoms with Crippen LogP contribution in [0.4, 0.5) is 0 Å². The van der Waals surface area contributed by atoms with E-state index in [1.807, 2.05) is 12.1 Å². The smallest absolute Gasteiger partial charge is 0.275 e. The number of imidazole rings is 1. The van der Waals surface area contributed by atoms with Gasteiger partial charge in [0.05, 0.1) is 18.5 Å². The predicted molar refractivity (Wildman–Crippen MR) is 58.4 cm³/mol. The third-order valence-electron chi connectivity index (χ3n) is 2.05. The Labute approximate surface area is 98.7 Å². The molecule has 2 N–H and O–H groups in total. The molecular formula is C10H12N6O. The molecule has 1 aromatic rings. The van der Waals surface area contributed by atoms with Gasteiger partial charge in [-0.1, -0.05) is 0 Å². The Balaban J connectivity index is 2.79. The lowest BCUT2D eigenvalue weighted by molar-refractivity contribution is 0.0789. The van der Waals surface area contributed by atoms with Crippen LogP contribution in [0.15, 0.2) is 12.5 Å². The van der Waals surface area contributed by atoms with Gasteiger partial charge in [0.2, 0.25) is 0 Å². The summed E-state index contributed by atoms with van der Waals surface area (Å²) in [4.78, 5) is 16.9. The van der Waals surface area contributed by atoms with Crippen LogP contribution < -0.4 is 5.73 Å². The Morgan fingerprint density at radius 3 is 2.65 bits per heavy atom. The van der Waals surface area contributed by atoms with Crippen molar-refractivity contribution in [2.75, 3.05) is 19.6 Å². The number of carbonyl (C=O) groups excluding carboxylic acids is 1. The van der Waals surface area contributed by atoms with Gasteiger partial charge in [-0.25, -0.2) is 4.98 Å². The Morgan fingerprint density at radius 1 is 1.47 bits per heavy atom. The molecule has 7 nitrogen and oxygen atoms in total. The molecule has 88 valence electrons. The number of nitrogens with two attached hydrogens (primary N) is 1. The summed E-state index contributed by atoms with van der Waals surface area (Å²) in [7, 11) is 0. The van der Waals surface area contributed by atoms with Crippen molar-refractivity contribution in [3.8, 4) is 12.1 Å². The first-order valence-corrected chi connectivity index (χ1v) is 4.98. The first-order chi connectivity index (χ1) is 8.22. The van der Waals surface area contributed by atoms with Crippen LogP contribution in [0.1, 0.15) is 10.5 Å². The van der Waals surface area contributed by atoms with Crippen molar-refractivity contribution in [2.24, 2.45) is 5.73 Å². The molecule has 17 heavy (non-hydrogen) atoms. The topological polar surface area (TPSA) is 112 Å². The van der Waals surface area contributed by atoms with Gasteiger partial charge in [0.1, 0.15) is 18.8 Å². The summed E-state index contributed by atoms with van der Waals surface area (Å²) >= 11 is 0. The summed E-state index contributed by atoms with van der Waals surface area (Å²) in [6.07, 6.45) is 3.05. The number of rotatable bonds is 5. The maximum atomic E-state index is 11.9. The van der Waals surface area contributed by atoms with E-state index in [9.17, 15) is 4.79 Å². The summed E-state index contributed by atoms with van der Waals surface area (Å²) in [5.41, 5.74) is 5.58. The predicted octanol–water partition coefficient (Wildman–Crippen LogP) is -0.669. The van der Waals surface area contributed by atoms with E-state index in [0.29, 0.717) is 13.1 Å². The molecule has 0 aliphatic carbocycles. The highest BCUT2D eigenvalue weighted by atomic mass is 16.2. The third kappa shape index (κ3) is 3.30. The van der Waals surface area contributed by atoms with E-state index in [2.05, 4.69) is 4.98 Å². The van der Waals surface area contributed by atoms with Crippen LogP contribution in [-0.4, -0.2) is 40.0 Å². The summed E-state index contributed by atoms with van der Waals surface area (Å²) in [5, 5.41) is 17.1. The number of nitrogens with zero attached hydrogens (tertiary/aromatic N) is 5. The van der Waals surface area contributed by atoms with Crippen molar-refractivity contribution in [1.29, 1.82) is 10.5 Å². The number of amides is 1. The maximum absolute atomic E-state index is 11.9. The maximum Gasteiger partial charge on any atom is 0.275 e. The fraction of sp³-hybridized carbons (Fsp3) is 0.400. The molecule has 1 aromatic heterocycles.